The predicted molar refractivity (Wildman–Crippen MR) is 134 cm³/mol. The minimum atomic E-state index is 0.00532. The van der Waals surface area contributed by atoms with Crippen LogP contribution < -0.4 is 15.5 Å². The van der Waals surface area contributed by atoms with E-state index in [1.807, 2.05) is 56.3 Å². The molecule has 0 aliphatic carbocycles. The van der Waals surface area contributed by atoms with Crippen LogP contribution in [0.3, 0.4) is 0 Å². The number of hydrogen-bond acceptors (Lipinski definition) is 7. The summed E-state index contributed by atoms with van der Waals surface area (Å²) in [6, 6.07) is 17.8. The molecule has 34 heavy (non-hydrogen) atoms. The Kier molecular flexibility index (Phi) is 8.04. The molecule has 3 aromatic rings. The normalized spacial score (nSPS) is 14.3. The van der Waals surface area contributed by atoms with Crippen LogP contribution in [0.1, 0.15) is 38.7 Å². The first kappa shape index (κ1) is 23.6. The molecule has 8 nitrogen and oxygen atoms in total. The zero-order valence-electron chi connectivity index (χ0n) is 19.8. The standard InChI is InChI=1S/C26H32N6O2/c1-19(2)15-24(33)29-21-9-6-10-22(16-21)30-25-27-18-28-26(31-25)32-13-11-23(12-14-32)34-17-20-7-4-3-5-8-20/h3-10,16,18-19,23H,11-15,17H2,1-2H3,(H,29,33)(H,27,28,30,31). The number of carbonyl (C=O) groups excluding carboxylic acids is 1. The maximum absolute atomic E-state index is 12.1. The molecule has 0 unspecified atom stereocenters. The average Bonchev–Trinajstić information content (AvgIpc) is 2.83. The van der Waals surface area contributed by atoms with Crippen LogP contribution in [0.25, 0.3) is 0 Å². The second-order valence-electron chi connectivity index (χ2n) is 8.94. The number of carbonyl (C=O) groups is 1. The predicted octanol–water partition coefficient (Wildman–Crippen LogP) is 4.79. The van der Waals surface area contributed by atoms with Crippen LogP contribution in [-0.4, -0.2) is 40.1 Å². The Morgan fingerprint density at radius 2 is 1.82 bits per heavy atom. The summed E-state index contributed by atoms with van der Waals surface area (Å²) in [5.41, 5.74) is 2.73. The highest BCUT2D eigenvalue weighted by Crippen LogP contribution is 2.22. The minimum absolute atomic E-state index is 0.00532. The highest BCUT2D eigenvalue weighted by atomic mass is 16.5. The summed E-state index contributed by atoms with van der Waals surface area (Å²) in [5.74, 6) is 1.44. The Hall–Kier alpha value is -3.52. The minimum Gasteiger partial charge on any atom is -0.373 e. The summed E-state index contributed by atoms with van der Waals surface area (Å²) >= 11 is 0. The average molecular weight is 461 g/mol. The molecule has 0 bridgehead atoms. The van der Waals surface area contributed by atoms with E-state index in [9.17, 15) is 4.79 Å². The van der Waals surface area contributed by atoms with Crippen molar-refractivity contribution in [2.45, 2.75) is 45.8 Å². The first-order valence-electron chi connectivity index (χ1n) is 11.8. The second kappa shape index (κ2) is 11.6. The van der Waals surface area contributed by atoms with Gasteiger partial charge in [-0.05, 0) is 42.5 Å². The zero-order valence-corrected chi connectivity index (χ0v) is 19.8. The lowest BCUT2D eigenvalue weighted by atomic mass is 10.1. The summed E-state index contributed by atoms with van der Waals surface area (Å²) in [5, 5.41) is 6.16. The summed E-state index contributed by atoms with van der Waals surface area (Å²) in [6.07, 6.45) is 4.11. The van der Waals surface area contributed by atoms with E-state index in [0.717, 1.165) is 37.3 Å². The summed E-state index contributed by atoms with van der Waals surface area (Å²) in [6.45, 7) is 6.36. The molecular formula is C26H32N6O2. The van der Waals surface area contributed by atoms with Gasteiger partial charge in [0, 0.05) is 30.9 Å². The van der Waals surface area contributed by atoms with Crippen molar-refractivity contribution in [1.82, 2.24) is 15.0 Å². The molecule has 1 aliphatic rings. The SMILES string of the molecule is CC(C)CC(=O)Nc1cccc(Nc2ncnc(N3CCC(OCc4ccccc4)CC3)n2)c1. The van der Waals surface area contributed by atoms with Gasteiger partial charge in [0.1, 0.15) is 6.33 Å². The summed E-state index contributed by atoms with van der Waals surface area (Å²) < 4.78 is 6.09. The molecule has 0 radical (unpaired) electrons. The van der Waals surface area contributed by atoms with E-state index in [-0.39, 0.29) is 12.0 Å². The lowest BCUT2D eigenvalue weighted by Gasteiger charge is -2.31. The fraction of sp³-hybridized carbons (Fsp3) is 0.385. The van der Waals surface area contributed by atoms with Crippen molar-refractivity contribution in [2.24, 2.45) is 5.92 Å². The van der Waals surface area contributed by atoms with Gasteiger partial charge in [0.25, 0.3) is 0 Å². The van der Waals surface area contributed by atoms with E-state index < -0.39 is 0 Å². The third-order valence-corrected chi connectivity index (χ3v) is 5.61. The van der Waals surface area contributed by atoms with Gasteiger partial charge < -0.3 is 20.3 Å². The van der Waals surface area contributed by atoms with Gasteiger partial charge in [-0.3, -0.25) is 4.79 Å². The molecule has 0 saturated carbocycles. The molecule has 0 spiro atoms. The fourth-order valence-corrected chi connectivity index (χ4v) is 3.90. The Balaban J connectivity index is 1.30. The fourth-order valence-electron chi connectivity index (χ4n) is 3.90. The van der Waals surface area contributed by atoms with Gasteiger partial charge in [-0.2, -0.15) is 4.98 Å². The van der Waals surface area contributed by atoms with Crippen molar-refractivity contribution in [2.75, 3.05) is 28.6 Å². The molecule has 2 heterocycles. The van der Waals surface area contributed by atoms with Gasteiger partial charge in [-0.1, -0.05) is 50.2 Å². The van der Waals surface area contributed by atoms with Gasteiger partial charge in [0.05, 0.1) is 12.7 Å². The van der Waals surface area contributed by atoms with Crippen LogP contribution in [0.5, 0.6) is 0 Å². The molecule has 4 rings (SSSR count). The van der Waals surface area contributed by atoms with E-state index in [2.05, 4.69) is 42.6 Å². The number of benzene rings is 2. The van der Waals surface area contributed by atoms with Crippen LogP contribution in [0, 0.1) is 5.92 Å². The smallest absolute Gasteiger partial charge is 0.231 e. The quantitative estimate of drug-likeness (QED) is 0.474. The number of aromatic nitrogens is 3. The molecule has 1 aliphatic heterocycles. The lowest BCUT2D eigenvalue weighted by molar-refractivity contribution is -0.116. The highest BCUT2D eigenvalue weighted by molar-refractivity contribution is 5.91. The van der Waals surface area contributed by atoms with Crippen LogP contribution in [0.15, 0.2) is 60.9 Å². The third-order valence-electron chi connectivity index (χ3n) is 5.61. The Labute approximate surface area is 200 Å². The molecule has 2 aromatic carbocycles. The molecular weight excluding hydrogens is 428 g/mol. The first-order chi connectivity index (χ1) is 16.5. The Bertz CT molecular complexity index is 1070. The monoisotopic (exact) mass is 460 g/mol. The number of hydrogen-bond donors (Lipinski definition) is 2. The summed E-state index contributed by atoms with van der Waals surface area (Å²) in [4.78, 5) is 27.5. The van der Waals surface area contributed by atoms with E-state index in [1.165, 1.54) is 11.9 Å². The van der Waals surface area contributed by atoms with Crippen molar-refractivity contribution in [3.05, 3.63) is 66.5 Å². The van der Waals surface area contributed by atoms with Gasteiger partial charge in [-0.25, -0.2) is 9.97 Å². The van der Waals surface area contributed by atoms with Crippen molar-refractivity contribution in [1.29, 1.82) is 0 Å². The molecule has 0 atom stereocenters. The van der Waals surface area contributed by atoms with Crippen molar-refractivity contribution in [3.8, 4) is 0 Å². The van der Waals surface area contributed by atoms with Gasteiger partial charge in [0.15, 0.2) is 0 Å². The molecule has 1 amide bonds. The molecule has 1 aromatic heterocycles. The second-order valence-corrected chi connectivity index (χ2v) is 8.94. The number of ether oxygens (including phenoxy) is 1. The number of anilines is 4. The van der Waals surface area contributed by atoms with Gasteiger partial charge in [0.2, 0.25) is 17.8 Å². The third kappa shape index (κ3) is 6.99. The maximum Gasteiger partial charge on any atom is 0.231 e. The van der Waals surface area contributed by atoms with Crippen molar-refractivity contribution in [3.63, 3.8) is 0 Å². The lowest BCUT2D eigenvalue weighted by Crippen LogP contribution is -2.38. The van der Waals surface area contributed by atoms with Crippen molar-refractivity contribution < 1.29 is 9.53 Å². The van der Waals surface area contributed by atoms with Crippen LogP contribution in [0.2, 0.25) is 0 Å². The number of rotatable bonds is 9. The molecule has 1 fully saturated rings. The van der Waals surface area contributed by atoms with E-state index in [0.29, 0.717) is 30.8 Å². The Morgan fingerprint density at radius 3 is 2.59 bits per heavy atom. The molecule has 8 heteroatoms. The number of nitrogens with one attached hydrogen (secondary N) is 2. The Morgan fingerprint density at radius 1 is 1.06 bits per heavy atom. The number of amides is 1. The maximum atomic E-state index is 12.1. The molecule has 1 saturated heterocycles. The highest BCUT2D eigenvalue weighted by Gasteiger charge is 2.22. The largest absolute Gasteiger partial charge is 0.373 e. The van der Waals surface area contributed by atoms with E-state index in [4.69, 9.17) is 4.74 Å². The number of piperidine rings is 1. The zero-order chi connectivity index (χ0) is 23.8. The van der Waals surface area contributed by atoms with Gasteiger partial charge >= 0.3 is 0 Å². The van der Waals surface area contributed by atoms with Crippen LogP contribution in [-0.2, 0) is 16.1 Å². The molecule has 178 valence electrons. The first-order valence-corrected chi connectivity index (χ1v) is 11.8. The van der Waals surface area contributed by atoms with E-state index >= 15 is 0 Å². The topological polar surface area (TPSA) is 92.3 Å². The van der Waals surface area contributed by atoms with E-state index in [1.54, 1.807) is 0 Å². The summed E-state index contributed by atoms with van der Waals surface area (Å²) in [7, 11) is 0. The van der Waals surface area contributed by atoms with Crippen LogP contribution >= 0.6 is 0 Å². The van der Waals surface area contributed by atoms with Crippen molar-refractivity contribution >= 4 is 29.2 Å². The number of nitrogens with zero attached hydrogens (tertiary/aromatic N) is 4. The van der Waals surface area contributed by atoms with Gasteiger partial charge in [-0.15, -0.1) is 0 Å². The molecule has 2 N–H and O–H groups in total. The van der Waals surface area contributed by atoms with Crippen LogP contribution in [0.4, 0.5) is 23.3 Å².